The number of fused-ring (bicyclic) bond motifs is 1. The Morgan fingerprint density at radius 3 is 2.39 bits per heavy atom. The van der Waals surface area contributed by atoms with Crippen molar-refractivity contribution in [1.82, 2.24) is 0 Å². The van der Waals surface area contributed by atoms with E-state index in [2.05, 4.69) is 26.0 Å². The van der Waals surface area contributed by atoms with Gasteiger partial charge >= 0.3 is 0 Å². The molecular formula is C24H34Cl2O2. The molecule has 0 bridgehead atoms. The maximum absolute atomic E-state index is 6.60. The maximum atomic E-state index is 6.60. The van der Waals surface area contributed by atoms with Crippen LogP contribution in [0.1, 0.15) is 65.2 Å². The summed E-state index contributed by atoms with van der Waals surface area (Å²) in [6.45, 7) is 5.86. The number of benzene rings is 2. The van der Waals surface area contributed by atoms with Crippen LogP contribution >= 0.6 is 23.2 Å². The molecule has 28 heavy (non-hydrogen) atoms. The van der Waals surface area contributed by atoms with E-state index in [0.717, 1.165) is 60.3 Å². The molecule has 2 rings (SSSR count). The van der Waals surface area contributed by atoms with E-state index < -0.39 is 0 Å². The summed E-state index contributed by atoms with van der Waals surface area (Å²) < 4.78 is 12.3. The average molecular weight is 425 g/mol. The number of alkyl halides is 1. The lowest BCUT2D eigenvalue weighted by atomic mass is 10.0. The fourth-order valence-corrected chi connectivity index (χ4v) is 3.83. The first-order valence-electron chi connectivity index (χ1n) is 10.7. The summed E-state index contributed by atoms with van der Waals surface area (Å²) in [5, 5.41) is 2.71. The van der Waals surface area contributed by atoms with Gasteiger partial charge in [-0.1, -0.05) is 81.8 Å². The van der Waals surface area contributed by atoms with Crippen LogP contribution in [0.4, 0.5) is 0 Å². The number of halogens is 2. The molecule has 2 aromatic carbocycles. The van der Waals surface area contributed by atoms with E-state index in [1.54, 1.807) is 0 Å². The van der Waals surface area contributed by atoms with Crippen LogP contribution in [0.15, 0.2) is 30.3 Å². The van der Waals surface area contributed by atoms with Gasteiger partial charge in [0, 0.05) is 22.7 Å². The first kappa shape index (κ1) is 23.2. The second-order valence-corrected chi connectivity index (χ2v) is 8.20. The van der Waals surface area contributed by atoms with Gasteiger partial charge in [0.1, 0.15) is 11.5 Å². The minimum absolute atomic E-state index is 0.568. The van der Waals surface area contributed by atoms with Crippen molar-refractivity contribution in [3.63, 3.8) is 0 Å². The van der Waals surface area contributed by atoms with Crippen LogP contribution in [0.5, 0.6) is 11.5 Å². The molecule has 1 atom stereocenters. The first-order chi connectivity index (χ1) is 13.7. The van der Waals surface area contributed by atoms with E-state index in [0.29, 0.717) is 24.2 Å². The molecule has 4 heteroatoms. The van der Waals surface area contributed by atoms with Gasteiger partial charge in [0.15, 0.2) is 0 Å². The number of rotatable bonds is 14. The van der Waals surface area contributed by atoms with E-state index in [1.807, 2.05) is 18.2 Å². The fourth-order valence-electron chi connectivity index (χ4n) is 3.38. The van der Waals surface area contributed by atoms with Gasteiger partial charge in [0.05, 0.1) is 18.2 Å². The zero-order valence-corrected chi connectivity index (χ0v) is 18.8. The molecule has 0 saturated heterocycles. The summed E-state index contributed by atoms with van der Waals surface area (Å²) in [7, 11) is 0. The van der Waals surface area contributed by atoms with E-state index in [9.17, 15) is 0 Å². The number of hydrogen-bond donors (Lipinski definition) is 0. The molecule has 0 aliphatic carbocycles. The molecule has 0 radical (unpaired) electrons. The SMILES string of the molecule is CCCCC(CC)COc1c(Cl)cc(OCCCCCCCl)c2ccccc12. The molecule has 156 valence electrons. The predicted octanol–water partition coefficient (Wildman–Crippen LogP) is 8.27. The summed E-state index contributed by atoms with van der Waals surface area (Å²) in [5.41, 5.74) is 0. The van der Waals surface area contributed by atoms with Crippen LogP contribution in [0, 0.1) is 5.92 Å². The molecule has 2 nitrogen and oxygen atoms in total. The average Bonchev–Trinajstić information content (AvgIpc) is 2.72. The van der Waals surface area contributed by atoms with Crippen LogP contribution in [0.3, 0.4) is 0 Å². The lowest BCUT2D eigenvalue weighted by Gasteiger charge is -2.19. The summed E-state index contributed by atoms with van der Waals surface area (Å²) in [4.78, 5) is 0. The fraction of sp³-hybridized carbons (Fsp3) is 0.583. The van der Waals surface area contributed by atoms with Crippen LogP contribution in [-0.2, 0) is 0 Å². The Balaban J connectivity index is 2.08. The Morgan fingerprint density at radius 2 is 1.68 bits per heavy atom. The van der Waals surface area contributed by atoms with Crippen molar-refractivity contribution in [2.45, 2.75) is 65.2 Å². The highest BCUT2D eigenvalue weighted by Crippen LogP contribution is 2.40. The topological polar surface area (TPSA) is 18.5 Å². The Hall–Kier alpha value is -1.12. The predicted molar refractivity (Wildman–Crippen MR) is 122 cm³/mol. The van der Waals surface area contributed by atoms with Crippen molar-refractivity contribution in [2.24, 2.45) is 5.92 Å². The van der Waals surface area contributed by atoms with Crippen LogP contribution in [0.2, 0.25) is 5.02 Å². The smallest absolute Gasteiger partial charge is 0.145 e. The van der Waals surface area contributed by atoms with Crippen LogP contribution in [0.25, 0.3) is 10.8 Å². The van der Waals surface area contributed by atoms with Crippen molar-refractivity contribution in [1.29, 1.82) is 0 Å². The maximum Gasteiger partial charge on any atom is 0.145 e. The van der Waals surface area contributed by atoms with Gasteiger partial charge < -0.3 is 9.47 Å². The molecule has 0 fully saturated rings. The number of hydrogen-bond acceptors (Lipinski definition) is 2. The Labute approximate surface area is 180 Å². The summed E-state index contributed by atoms with van der Waals surface area (Å²) in [5.74, 6) is 2.92. The molecule has 0 spiro atoms. The molecule has 1 unspecified atom stereocenters. The highest BCUT2D eigenvalue weighted by atomic mass is 35.5. The van der Waals surface area contributed by atoms with Crippen LogP contribution in [-0.4, -0.2) is 19.1 Å². The van der Waals surface area contributed by atoms with Gasteiger partial charge in [-0.3, -0.25) is 0 Å². The van der Waals surface area contributed by atoms with Crippen molar-refractivity contribution in [2.75, 3.05) is 19.1 Å². The molecular weight excluding hydrogens is 391 g/mol. The van der Waals surface area contributed by atoms with E-state index >= 15 is 0 Å². The third-order valence-electron chi connectivity index (χ3n) is 5.20. The molecule has 0 aliphatic rings. The standard InChI is InChI=1S/C24H34Cl2O2/c1-3-5-12-19(4-2)18-28-24-21-14-9-8-13-20(21)23(17-22(24)26)27-16-11-7-6-10-15-25/h8-9,13-14,17,19H,3-7,10-12,15-16,18H2,1-2H3. The van der Waals surface area contributed by atoms with Gasteiger partial charge in [-0.15, -0.1) is 11.6 Å². The van der Waals surface area contributed by atoms with Gasteiger partial charge in [-0.05, 0) is 25.2 Å². The first-order valence-corrected chi connectivity index (χ1v) is 11.6. The molecule has 2 aromatic rings. The van der Waals surface area contributed by atoms with Gasteiger partial charge in [0.2, 0.25) is 0 Å². The third kappa shape index (κ3) is 7.04. The van der Waals surface area contributed by atoms with Crippen molar-refractivity contribution in [3.8, 4) is 11.5 Å². The Kier molecular flexibility index (Phi) is 10.9. The minimum Gasteiger partial charge on any atom is -0.493 e. The lowest BCUT2D eigenvalue weighted by molar-refractivity contribution is 0.235. The third-order valence-corrected chi connectivity index (χ3v) is 5.75. The highest BCUT2D eigenvalue weighted by Gasteiger charge is 2.15. The second kappa shape index (κ2) is 13.2. The second-order valence-electron chi connectivity index (χ2n) is 7.41. The van der Waals surface area contributed by atoms with Gasteiger partial charge in [-0.25, -0.2) is 0 Å². The van der Waals surface area contributed by atoms with Gasteiger partial charge in [0.25, 0.3) is 0 Å². The van der Waals surface area contributed by atoms with Gasteiger partial charge in [-0.2, -0.15) is 0 Å². The Morgan fingerprint density at radius 1 is 0.929 bits per heavy atom. The number of ether oxygens (including phenoxy) is 2. The molecule has 0 heterocycles. The monoisotopic (exact) mass is 424 g/mol. The van der Waals surface area contributed by atoms with Crippen molar-refractivity contribution in [3.05, 3.63) is 35.4 Å². The molecule has 0 aliphatic heterocycles. The van der Waals surface area contributed by atoms with E-state index in [4.69, 9.17) is 32.7 Å². The Bertz CT molecular complexity index is 702. The van der Waals surface area contributed by atoms with Crippen molar-refractivity contribution >= 4 is 34.0 Å². The summed E-state index contributed by atoms with van der Waals surface area (Å²) in [6, 6.07) is 10.1. The zero-order chi connectivity index (χ0) is 20.2. The highest BCUT2D eigenvalue weighted by molar-refractivity contribution is 6.33. The van der Waals surface area contributed by atoms with E-state index in [-0.39, 0.29) is 0 Å². The number of unbranched alkanes of at least 4 members (excludes halogenated alkanes) is 4. The summed E-state index contributed by atoms with van der Waals surface area (Å²) in [6.07, 6.45) is 9.17. The van der Waals surface area contributed by atoms with Crippen molar-refractivity contribution < 1.29 is 9.47 Å². The largest absolute Gasteiger partial charge is 0.493 e. The van der Waals surface area contributed by atoms with Crippen LogP contribution < -0.4 is 9.47 Å². The minimum atomic E-state index is 0.568. The normalized spacial score (nSPS) is 12.3. The molecule has 0 saturated carbocycles. The summed E-state index contributed by atoms with van der Waals surface area (Å²) >= 11 is 12.3. The molecule has 0 amide bonds. The molecule has 0 N–H and O–H groups in total. The quantitative estimate of drug-likeness (QED) is 0.224. The molecule has 0 aromatic heterocycles. The lowest BCUT2D eigenvalue weighted by Crippen LogP contribution is -2.12. The van der Waals surface area contributed by atoms with E-state index in [1.165, 1.54) is 19.3 Å². The zero-order valence-electron chi connectivity index (χ0n) is 17.3.